The maximum atomic E-state index is 10.8. The molecule has 1 amide bonds. The van der Waals surface area contributed by atoms with Gasteiger partial charge in [0.25, 0.3) is 0 Å². The zero-order chi connectivity index (χ0) is 13.1. The van der Waals surface area contributed by atoms with E-state index in [0.717, 1.165) is 12.8 Å². The molecule has 0 aromatic carbocycles. The Labute approximate surface area is 103 Å². The fourth-order valence-corrected chi connectivity index (χ4v) is 3.36. The Morgan fingerprint density at radius 3 is 2.24 bits per heavy atom. The van der Waals surface area contributed by atoms with Crippen LogP contribution in [-0.4, -0.2) is 29.0 Å². The summed E-state index contributed by atoms with van der Waals surface area (Å²) in [4.78, 5) is 10.8. The number of hydrogen-bond donors (Lipinski definition) is 3. The highest BCUT2D eigenvalue weighted by Crippen LogP contribution is 2.42. The van der Waals surface area contributed by atoms with Crippen molar-refractivity contribution >= 4 is 6.09 Å². The molecule has 17 heavy (non-hydrogen) atoms. The summed E-state index contributed by atoms with van der Waals surface area (Å²) in [5, 5.41) is 20.8. The van der Waals surface area contributed by atoms with Gasteiger partial charge in [0.15, 0.2) is 0 Å². The van der Waals surface area contributed by atoms with Crippen LogP contribution in [0.4, 0.5) is 4.79 Å². The summed E-state index contributed by atoms with van der Waals surface area (Å²) < 4.78 is 0. The van der Waals surface area contributed by atoms with Crippen molar-refractivity contribution in [2.24, 2.45) is 17.3 Å². The first kappa shape index (κ1) is 14.3. The highest BCUT2D eigenvalue weighted by molar-refractivity contribution is 5.64. The Bertz CT molecular complexity index is 254. The molecule has 1 aliphatic rings. The lowest BCUT2D eigenvalue weighted by Crippen LogP contribution is -2.49. The van der Waals surface area contributed by atoms with Crippen LogP contribution in [0.5, 0.6) is 0 Å². The van der Waals surface area contributed by atoms with Crippen molar-refractivity contribution in [3.8, 4) is 0 Å². The van der Waals surface area contributed by atoms with E-state index in [1.54, 1.807) is 0 Å². The molecular formula is C13H25NO3. The topological polar surface area (TPSA) is 69.6 Å². The first-order valence-corrected chi connectivity index (χ1v) is 6.46. The molecule has 3 N–H and O–H groups in total. The second-order valence-electron chi connectivity index (χ2n) is 6.17. The van der Waals surface area contributed by atoms with E-state index >= 15 is 0 Å². The van der Waals surface area contributed by atoms with E-state index in [1.807, 2.05) is 0 Å². The summed E-state index contributed by atoms with van der Waals surface area (Å²) >= 11 is 0. The molecule has 0 spiro atoms. The van der Waals surface area contributed by atoms with E-state index in [2.05, 4.69) is 26.1 Å². The molecule has 4 nitrogen and oxygen atoms in total. The summed E-state index contributed by atoms with van der Waals surface area (Å²) in [6, 6.07) is -0.351. The third kappa shape index (κ3) is 3.87. The van der Waals surface area contributed by atoms with Crippen molar-refractivity contribution in [3.63, 3.8) is 0 Å². The van der Waals surface area contributed by atoms with Crippen LogP contribution >= 0.6 is 0 Å². The Morgan fingerprint density at radius 1 is 1.35 bits per heavy atom. The van der Waals surface area contributed by atoms with Crippen LogP contribution in [0.15, 0.2) is 0 Å². The molecule has 0 saturated heterocycles. The monoisotopic (exact) mass is 243 g/mol. The summed E-state index contributed by atoms with van der Waals surface area (Å²) in [7, 11) is 0. The Kier molecular flexibility index (Phi) is 4.80. The largest absolute Gasteiger partial charge is 0.465 e. The number of carboxylic acid groups (broad SMARTS) is 1. The van der Waals surface area contributed by atoms with Crippen LogP contribution in [-0.2, 0) is 0 Å². The van der Waals surface area contributed by atoms with Gasteiger partial charge in [-0.1, -0.05) is 46.5 Å². The van der Waals surface area contributed by atoms with E-state index < -0.39 is 6.09 Å². The van der Waals surface area contributed by atoms with E-state index in [1.165, 1.54) is 12.8 Å². The zero-order valence-corrected chi connectivity index (χ0v) is 11.1. The fraction of sp³-hybridized carbons (Fsp3) is 0.923. The van der Waals surface area contributed by atoms with E-state index in [4.69, 9.17) is 5.11 Å². The van der Waals surface area contributed by atoms with Gasteiger partial charge in [-0.2, -0.15) is 0 Å². The lowest BCUT2D eigenvalue weighted by molar-refractivity contribution is 0.0736. The lowest BCUT2D eigenvalue weighted by Gasteiger charge is -2.40. The van der Waals surface area contributed by atoms with Crippen molar-refractivity contribution in [2.45, 2.75) is 52.5 Å². The molecule has 1 rings (SSSR count). The molecule has 0 aliphatic heterocycles. The zero-order valence-electron chi connectivity index (χ0n) is 11.1. The van der Waals surface area contributed by atoms with E-state index in [9.17, 15) is 9.90 Å². The van der Waals surface area contributed by atoms with Crippen LogP contribution in [0.2, 0.25) is 0 Å². The van der Waals surface area contributed by atoms with Crippen LogP contribution in [0.25, 0.3) is 0 Å². The highest BCUT2D eigenvalue weighted by Gasteiger charge is 2.39. The molecule has 1 saturated carbocycles. The minimum atomic E-state index is -1.05. The number of nitrogens with one attached hydrogen (secondary N) is 1. The van der Waals surface area contributed by atoms with Gasteiger partial charge in [-0.05, 0) is 17.3 Å². The molecule has 0 heterocycles. The number of rotatable bonds is 4. The van der Waals surface area contributed by atoms with Crippen molar-refractivity contribution < 1.29 is 15.0 Å². The Hall–Kier alpha value is -0.770. The number of carbonyl (C=O) groups is 1. The fourth-order valence-electron chi connectivity index (χ4n) is 3.36. The molecule has 1 unspecified atom stereocenters. The van der Waals surface area contributed by atoms with Crippen LogP contribution in [0.1, 0.15) is 46.5 Å². The second-order valence-corrected chi connectivity index (χ2v) is 6.17. The maximum Gasteiger partial charge on any atom is 0.404 e. The molecule has 2 atom stereocenters. The van der Waals surface area contributed by atoms with Crippen molar-refractivity contribution in [1.82, 2.24) is 5.32 Å². The highest BCUT2D eigenvalue weighted by atomic mass is 16.4. The van der Waals surface area contributed by atoms with Gasteiger partial charge in [0, 0.05) is 0 Å². The predicted octanol–water partition coefficient (Wildman–Crippen LogP) is 2.47. The van der Waals surface area contributed by atoms with Crippen molar-refractivity contribution in [2.75, 3.05) is 6.61 Å². The summed E-state index contributed by atoms with van der Waals surface area (Å²) in [6.45, 7) is 6.26. The average Bonchev–Trinajstić information content (AvgIpc) is 2.67. The molecule has 0 aromatic rings. The van der Waals surface area contributed by atoms with Gasteiger partial charge in [-0.25, -0.2) is 4.79 Å². The number of hydrogen-bond acceptors (Lipinski definition) is 2. The minimum absolute atomic E-state index is 0.00481. The SMILES string of the molecule is CC(C)(C)[C@H](C1CCCC1)C(CO)NC(=O)O. The molecule has 100 valence electrons. The number of amides is 1. The van der Waals surface area contributed by atoms with Gasteiger partial charge in [0.1, 0.15) is 0 Å². The smallest absolute Gasteiger partial charge is 0.404 e. The first-order chi connectivity index (χ1) is 7.86. The molecule has 1 fully saturated rings. The van der Waals surface area contributed by atoms with E-state index in [-0.39, 0.29) is 24.0 Å². The minimum Gasteiger partial charge on any atom is -0.465 e. The van der Waals surface area contributed by atoms with Crippen LogP contribution in [0.3, 0.4) is 0 Å². The van der Waals surface area contributed by atoms with Crippen LogP contribution in [0, 0.1) is 17.3 Å². The lowest BCUT2D eigenvalue weighted by atomic mass is 9.68. The molecule has 0 radical (unpaired) electrons. The summed E-state index contributed by atoms with van der Waals surface area (Å²) in [5.41, 5.74) is 0.00481. The quantitative estimate of drug-likeness (QED) is 0.710. The van der Waals surface area contributed by atoms with Crippen LogP contribution < -0.4 is 5.32 Å². The third-order valence-corrected chi connectivity index (χ3v) is 3.85. The van der Waals surface area contributed by atoms with E-state index in [0.29, 0.717) is 5.92 Å². The van der Waals surface area contributed by atoms with Gasteiger partial charge in [-0.15, -0.1) is 0 Å². The molecule has 1 aliphatic carbocycles. The third-order valence-electron chi connectivity index (χ3n) is 3.85. The second kappa shape index (κ2) is 5.71. The first-order valence-electron chi connectivity index (χ1n) is 6.46. The van der Waals surface area contributed by atoms with Gasteiger partial charge in [0.2, 0.25) is 0 Å². The standard InChI is InChI=1S/C13H25NO3/c1-13(2,3)11(9-6-4-5-7-9)10(8-15)14-12(16)17/h9-11,14-15H,4-8H2,1-3H3,(H,16,17)/t10?,11-/m1/s1. The maximum absolute atomic E-state index is 10.8. The number of aliphatic hydroxyl groups excluding tert-OH is 1. The predicted molar refractivity (Wildman–Crippen MR) is 66.9 cm³/mol. The van der Waals surface area contributed by atoms with Gasteiger partial charge < -0.3 is 15.5 Å². The number of aliphatic hydroxyl groups is 1. The summed E-state index contributed by atoms with van der Waals surface area (Å²) in [6.07, 6.45) is 3.71. The molecular weight excluding hydrogens is 218 g/mol. The average molecular weight is 243 g/mol. The normalized spacial score (nSPS) is 21.2. The van der Waals surface area contributed by atoms with Gasteiger partial charge in [-0.3, -0.25) is 0 Å². The van der Waals surface area contributed by atoms with Crippen molar-refractivity contribution in [3.05, 3.63) is 0 Å². The Morgan fingerprint density at radius 2 is 1.88 bits per heavy atom. The van der Waals surface area contributed by atoms with Crippen molar-refractivity contribution in [1.29, 1.82) is 0 Å². The van der Waals surface area contributed by atoms with Gasteiger partial charge >= 0.3 is 6.09 Å². The molecule has 0 aromatic heterocycles. The molecule has 0 bridgehead atoms. The Balaban J connectivity index is 2.83. The van der Waals surface area contributed by atoms with Gasteiger partial charge in [0.05, 0.1) is 12.6 Å². The summed E-state index contributed by atoms with van der Waals surface area (Å²) in [5.74, 6) is 0.727. The molecule has 4 heteroatoms.